The van der Waals surface area contributed by atoms with E-state index in [9.17, 15) is 0 Å². The molecule has 2 aromatic rings. The molecule has 0 aliphatic rings. The van der Waals surface area contributed by atoms with Crippen molar-refractivity contribution in [3.63, 3.8) is 0 Å². The van der Waals surface area contributed by atoms with Crippen molar-refractivity contribution >= 4 is 5.90 Å². The third-order valence-corrected chi connectivity index (χ3v) is 2.52. The van der Waals surface area contributed by atoms with E-state index in [-0.39, 0.29) is 0 Å². The first-order chi connectivity index (χ1) is 8.84. The van der Waals surface area contributed by atoms with Gasteiger partial charge in [0, 0.05) is 19.3 Å². The molecule has 2 rings (SSSR count). The second-order valence-electron chi connectivity index (χ2n) is 3.96. The van der Waals surface area contributed by atoms with Crippen LogP contribution in [0.25, 0.3) is 0 Å². The van der Waals surface area contributed by atoms with Crippen LogP contribution in [0.1, 0.15) is 18.1 Å². The van der Waals surface area contributed by atoms with Gasteiger partial charge in [-0.25, -0.2) is 0 Å². The van der Waals surface area contributed by atoms with Gasteiger partial charge in [-0.3, -0.25) is 9.98 Å². The number of pyridine rings is 1. The van der Waals surface area contributed by atoms with Crippen molar-refractivity contribution in [2.45, 2.75) is 20.1 Å². The average Bonchev–Trinajstić information content (AvgIpc) is 2.45. The lowest BCUT2D eigenvalue weighted by Gasteiger charge is -2.05. The first-order valence-corrected chi connectivity index (χ1v) is 5.91. The van der Waals surface area contributed by atoms with Crippen molar-refractivity contribution in [1.29, 1.82) is 0 Å². The van der Waals surface area contributed by atoms with E-state index in [2.05, 4.69) is 22.1 Å². The van der Waals surface area contributed by atoms with E-state index in [4.69, 9.17) is 4.74 Å². The minimum absolute atomic E-state index is 0.534. The van der Waals surface area contributed by atoms with Gasteiger partial charge in [0.25, 0.3) is 0 Å². The first-order valence-electron chi connectivity index (χ1n) is 5.91. The molecule has 0 saturated heterocycles. The molecular formula is C15H16N2O. The molecule has 1 aromatic heterocycles. The summed E-state index contributed by atoms with van der Waals surface area (Å²) in [6.45, 7) is 3.07. The molecular weight excluding hydrogens is 224 g/mol. The summed E-state index contributed by atoms with van der Waals surface area (Å²) in [5.74, 6) is 0.704. The largest absolute Gasteiger partial charge is 0.476 e. The number of aromatic nitrogens is 1. The lowest BCUT2D eigenvalue weighted by Crippen LogP contribution is -2.00. The zero-order valence-electron chi connectivity index (χ0n) is 10.4. The van der Waals surface area contributed by atoms with Crippen molar-refractivity contribution < 1.29 is 4.74 Å². The summed E-state index contributed by atoms with van der Waals surface area (Å²) in [7, 11) is 0. The summed E-state index contributed by atoms with van der Waals surface area (Å²) in [5.41, 5.74) is 2.28. The van der Waals surface area contributed by atoms with E-state index in [0.29, 0.717) is 19.0 Å². The van der Waals surface area contributed by atoms with E-state index in [1.54, 1.807) is 12.4 Å². The SMILES string of the molecule is CC(=NCc1ccccc1)OCc1ccncc1. The normalized spacial score (nSPS) is 11.3. The van der Waals surface area contributed by atoms with Crippen LogP contribution in [0.15, 0.2) is 59.9 Å². The number of benzene rings is 1. The number of hydrogen-bond donors (Lipinski definition) is 0. The Morgan fingerprint density at radius 2 is 1.78 bits per heavy atom. The van der Waals surface area contributed by atoms with Gasteiger partial charge in [-0.05, 0) is 23.3 Å². The molecule has 0 atom stereocenters. The Morgan fingerprint density at radius 1 is 1.06 bits per heavy atom. The molecule has 0 spiro atoms. The molecule has 0 N–H and O–H groups in total. The molecule has 1 heterocycles. The predicted molar refractivity (Wildman–Crippen MR) is 72.3 cm³/mol. The smallest absolute Gasteiger partial charge is 0.180 e. The minimum Gasteiger partial charge on any atom is -0.476 e. The maximum absolute atomic E-state index is 5.57. The summed E-state index contributed by atoms with van der Waals surface area (Å²) in [5, 5.41) is 0. The molecule has 0 saturated carbocycles. The van der Waals surface area contributed by atoms with Gasteiger partial charge in [-0.1, -0.05) is 30.3 Å². The van der Waals surface area contributed by atoms with E-state index in [0.717, 1.165) is 5.56 Å². The zero-order valence-corrected chi connectivity index (χ0v) is 10.4. The average molecular weight is 240 g/mol. The van der Waals surface area contributed by atoms with Crippen LogP contribution < -0.4 is 0 Å². The molecule has 18 heavy (non-hydrogen) atoms. The highest BCUT2D eigenvalue weighted by molar-refractivity contribution is 5.73. The Hall–Kier alpha value is -2.16. The second kappa shape index (κ2) is 6.55. The van der Waals surface area contributed by atoms with Gasteiger partial charge in [0.2, 0.25) is 0 Å². The van der Waals surface area contributed by atoms with E-state index in [1.165, 1.54) is 5.56 Å². The molecule has 0 bridgehead atoms. The van der Waals surface area contributed by atoms with Crippen LogP contribution in [0, 0.1) is 0 Å². The van der Waals surface area contributed by atoms with Crippen LogP contribution in [-0.4, -0.2) is 10.9 Å². The van der Waals surface area contributed by atoms with E-state index < -0.39 is 0 Å². The van der Waals surface area contributed by atoms with Crippen molar-refractivity contribution in [2.75, 3.05) is 0 Å². The predicted octanol–water partition coefficient (Wildman–Crippen LogP) is 3.22. The zero-order chi connectivity index (χ0) is 12.6. The van der Waals surface area contributed by atoms with Crippen molar-refractivity contribution in [3.8, 4) is 0 Å². The van der Waals surface area contributed by atoms with Gasteiger partial charge in [0.15, 0.2) is 5.90 Å². The second-order valence-corrected chi connectivity index (χ2v) is 3.96. The number of nitrogens with zero attached hydrogens (tertiary/aromatic N) is 2. The summed E-state index contributed by atoms with van der Waals surface area (Å²) in [6, 6.07) is 14.0. The maximum atomic E-state index is 5.57. The van der Waals surface area contributed by atoms with Gasteiger partial charge >= 0.3 is 0 Å². The van der Waals surface area contributed by atoms with Crippen LogP contribution in [0.5, 0.6) is 0 Å². The van der Waals surface area contributed by atoms with Gasteiger partial charge in [0.1, 0.15) is 6.61 Å². The maximum Gasteiger partial charge on any atom is 0.180 e. The van der Waals surface area contributed by atoms with Crippen LogP contribution >= 0.6 is 0 Å². The number of rotatable bonds is 4. The topological polar surface area (TPSA) is 34.5 Å². The van der Waals surface area contributed by atoms with Gasteiger partial charge in [-0.15, -0.1) is 0 Å². The van der Waals surface area contributed by atoms with Gasteiger partial charge in [0.05, 0.1) is 6.54 Å². The molecule has 0 aliphatic heterocycles. The molecule has 0 fully saturated rings. The highest BCUT2D eigenvalue weighted by atomic mass is 16.5. The third kappa shape index (κ3) is 4.01. The Balaban J connectivity index is 1.83. The quantitative estimate of drug-likeness (QED) is 0.607. The first kappa shape index (κ1) is 12.3. The molecule has 3 heteroatoms. The van der Waals surface area contributed by atoms with Crippen molar-refractivity contribution in [2.24, 2.45) is 4.99 Å². The van der Waals surface area contributed by atoms with Crippen LogP contribution in [0.4, 0.5) is 0 Å². The summed E-state index contributed by atoms with van der Waals surface area (Å²) >= 11 is 0. The number of aliphatic imine (C=N–C) groups is 1. The van der Waals surface area contributed by atoms with Crippen molar-refractivity contribution in [3.05, 3.63) is 66.0 Å². The fourth-order valence-corrected chi connectivity index (χ4v) is 1.50. The highest BCUT2D eigenvalue weighted by Crippen LogP contribution is 2.03. The third-order valence-electron chi connectivity index (χ3n) is 2.52. The highest BCUT2D eigenvalue weighted by Gasteiger charge is 1.95. The van der Waals surface area contributed by atoms with Crippen molar-refractivity contribution in [1.82, 2.24) is 4.98 Å². The summed E-state index contributed by atoms with van der Waals surface area (Å²) < 4.78 is 5.57. The molecule has 92 valence electrons. The Bertz CT molecular complexity index is 494. The van der Waals surface area contributed by atoms with Gasteiger partial charge < -0.3 is 4.74 Å². The molecule has 3 nitrogen and oxygen atoms in total. The monoisotopic (exact) mass is 240 g/mol. The van der Waals surface area contributed by atoms with Crippen LogP contribution in [0.2, 0.25) is 0 Å². The lowest BCUT2D eigenvalue weighted by molar-refractivity contribution is 0.288. The summed E-state index contributed by atoms with van der Waals surface area (Å²) in [4.78, 5) is 8.35. The molecule has 0 amide bonds. The Morgan fingerprint density at radius 3 is 2.50 bits per heavy atom. The molecule has 1 aromatic carbocycles. The number of ether oxygens (including phenoxy) is 1. The summed E-state index contributed by atoms with van der Waals surface area (Å²) in [6.07, 6.45) is 3.52. The molecule has 0 aliphatic carbocycles. The van der Waals surface area contributed by atoms with E-state index >= 15 is 0 Å². The van der Waals surface area contributed by atoms with Crippen LogP contribution in [-0.2, 0) is 17.9 Å². The van der Waals surface area contributed by atoms with Crippen LogP contribution in [0.3, 0.4) is 0 Å². The standard InChI is InChI=1S/C15H16N2O/c1-13(17-11-14-5-3-2-4-6-14)18-12-15-7-9-16-10-8-15/h2-10H,11-12H2,1H3. The Labute approximate surface area is 107 Å². The Kier molecular flexibility index (Phi) is 4.47. The van der Waals surface area contributed by atoms with E-state index in [1.807, 2.05) is 37.3 Å². The fourth-order valence-electron chi connectivity index (χ4n) is 1.50. The number of hydrogen-bond acceptors (Lipinski definition) is 3. The molecule has 0 radical (unpaired) electrons. The molecule has 0 unspecified atom stereocenters. The van der Waals surface area contributed by atoms with Gasteiger partial charge in [-0.2, -0.15) is 0 Å². The fraction of sp³-hybridized carbons (Fsp3) is 0.200. The lowest BCUT2D eigenvalue weighted by atomic mass is 10.2. The minimum atomic E-state index is 0.534.